The lowest BCUT2D eigenvalue weighted by Gasteiger charge is -2.38. The Hall–Kier alpha value is -1.20. The molecule has 11 heteroatoms. The molecule has 0 saturated heterocycles. The van der Waals surface area contributed by atoms with Gasteiger partial charge in [-0.05, 0) is 24.1 Å². The van der Waals surface area contributed by atoms with E-state index < -0.39 is 41.2 Å². The topological polar surface area (TPSA) is 43.4 Å². The van der Waals surface area contributed by atoms with Crippen LogP contribution in [0.25, 0.3) is 6.08 Å². The quantitative estimate of drug-likeness (QED) is 0.553. The van der Waals surface area contributed by atoms with Gasteiger partial charge in [0, 0.05) is 20.1 Å². The van der Waals surface area contributed by atoms with E-state index in [1.54, 1.807) is 0 Å². The summed E-state index contributed by atoms with van der Waals surface area (Å²) in [6, 6.07) is 4.77. The van der Waals surface area contributed by atoms with Crippen molar-refractivity contribution in [2.45, 2.75) is 29.3 Å². The molecule has 0 spiro atoms. The molecule has 1 atom stereocenters. The predicted molar refractivity (Wildman–Crippen MR) is 72.7 cm³/mol. The van der Waals surface area contributed by atoms with Gasteiger partial charge in [-0.3, -0.25) is 0 Å². The summed E-state index contributed by atoms with van der Waals surface area (Å²) in [7, 11) is -11.2. The fourth-order valence-corrected chi connectivity index (χ4v) is 6.72. The maximum atomic E-state index is 13.7. The Kier molecular flexibility index (Phi) is 4.27. The zero-order chi connectivity index (χ0) is 17.7. The van der Waals surface area contributed by atoms with Gasteiger partial charge >= 0.3 is 21.1 Å². The maximum Gasteiger partial charge on any atom is 0.523 e. The molecule has 0 fully saturated rings. The predicted octanol–water partition coefficient (Wildman–Crippen LogP) is 4.92. The summed E-state index contributed by atoms with van der Waals surface area (Å²) in [4.78, 5) is -1.13. The molecule has 2 rings (SSSR count). The third-order valence-corrected chi connectivity index (χ3v) is 7.95. The molecule has 0 N–H and O–H groups in total. The first-order valence-corrected chi connectivity index (χ1v) is 9.05. The molecule has 0 aliphatic carbocycles. The second-order valence-corrected chi connectivity index (χ2v) is 8.93. The van der Waals surface area contributed by atoms with E-state index >= 15 is 0 Å². The first-order chi connectivity index (χ1) is 10.4. The smallest absolute Gasteiger partial charge is 0.196 e. The number of allylic oxidation sites excluding steroid dienone is 1. The Morgan fingerprint density at radius 1 is 1.09 bits per heavy atom. The molecule has 1 aromatic carbocycles. The standard InChI is InChI=1S/C12H10F6O3S2/c1-2-9-7-8-5-3-4-6-10(8)22(9,11(13,14)15)21-23(19,20)12(16,17)18/h3-7H,2H2,1H3. The normalized spacial score (nSPS) is 24.7. The number of hydrogen-bond acceptors (Lipinski definition) is 3. The van der Waals surface area contributed by atoms with Gasteiger partial charge in [-0.25, -0.2) is 0 Å². The minimum absolute atomic E-state index is 0.00551. The number of benzene rings is 1. The monoisotopic (exact) mass is 380 g/mol. The van der Waals surface area contributed by atoms with E-state index in [4.69, 9.17) is 0 Å². The molecule has 3 nitrogen and oxygen atoms in total. The molecule has 1 aliphatic heterocycles. The minimum atomic E-state index is -6.43. The second-order valence-electron chi connectivity index (χ2n) is 4.47. The Balaban J connectivity index is 2.75. The summed E-state index contributed by atoms with van der Waals surface area (Å²) in [5, 5.41) is 0. The fourth-order valence-electron chi connectivity index (χ4n) is 2.13. The first kappa shape index (κ1) is 18.1. The van der Waals surface area contributed by atoms with Gasteiger partial charge in [0.25, 0.3) is 0 Å². The Morgan fingerprint density at radius 3 is 2.13 bits per heavy atom. The van der Waals surface area contributed by atoms with Crippen LogP contribution in [0.2, 0.25) is 0 Å². The molecule has 0 saturated carbocycles. The molecular weight excluding hydrogens is 370 g/mol. The SMILES string of the molecule is CCC1=Cc2ccccc2S1(OS(=O)(=O)C(F)(F)F)C(F)(F)F. The average molecular weight is 380 g/mol. The van der Waals surface area contributed by atoms with Gasteiger partial charge in [-0.2, -0.15) is 38.4 Å². The van der Waals surface area contributed by atoms with Crippen molar-refractivity contribution in [2.75, 3.05) is 0 Å². The third kappa shape index (κ3) is 2.74. The van der Waals surface area contributed by atoms with Crippen molar-refractivity contribution in [3.8, 4) is 0 Å². The molecule has 1 unspecified atom stereocenters. The summed E-state index contributed by atoms with van der Waals surface area (Å²) >= 11 is 0. The summed E-state index contributed by atoms with van der Waals surface area (Å²) in [5.74, 6) is 0. The summed E-state index contributed by atoms with van der Waals surface area (Å²) < 4.78 is 105. The van der Waals surface area contributed by atoms with E-state index in [9.17, 15) is 34.8 Å². The molecule has 130 valence electrons. The van der Waals surface area contributed by atoms with E-state index in [0.717, 1.165) is 12.1 Å². The van der Waals surface area contributed by atoms with Crippen LogP contribution in [0.1, 0.15) is 18.9 Å². The van der Waals surface area contributed by atoms with Gasteiger partial charge < -0.3 is 0 Å². The number of hydrogen-bond donors (Lipinski definition) is 0. The molecule has 1 aromatic rings. The highest BCUT2D eigenvalue weighted by atomic mass is 32.3. The van der Waals surface area contributed by atoms with E-state index in [1.165, 1.54) is 25.1 Å². The first-order valence-electron chi connectivity index (χ1n) is 6.08. The highest BCUT2D eigenvalue weighted by Crippen LogP contribution is 2.78. The van der Waals surface area contributed by atoms with E-state index in [-0.39, 0.29) is 12.0 Å². The van der Waals surface area contributed by atoms with Crippen molar-refractivity contribution in [1.29, 1.82) is 0 Å². The van der Waals surface area contributed by atoms with Crippen molar-refractivity contribution in [1.82, 2.24) is 0 Å². The zero-order valence-electron chi connectivity index (χ0n) is 11.4. The Labute approximate surface area is 129 Å². The maximum absolute atomic E-state index is 13.7. The van der Waals surface area contributed by atoms with Crippen LogP contribution in [0, 0.1) is 0 Å². The van der Waals surface area contributed by atoms with Crippen molar-refractivity contribution in [3.63, 3.8) is 0 Å². The molecule has 0 aromatic heterocycles. The third-order valence-electron chi connectivity index (χ3n) is 3.06. The zero-order valence-corrected chi connectivity index (χ0v) is 13.0. The number of halogens is 6. The average Bonchev–Trinajstić information content (AvgIpc) is 2.72. The lowest BCUT2D eigenvalue weighted by atomic mass is 10.2. The molecule has 1 heterocycles. The molecule has 0 bridgehead atoms. The van der Waals surface area contributed by atoms with Gasteiger partial charge in [0.05, 0.1) is 0 Å². The minimum Gasteiger partial charge on any atom is -0.196 e. The Morgan fingerprint density at radius 2 is 1.65 bits per heavy atom. The van der Waals surface area contributed by atoms with E-state index in [0.29, 0.717) is 0 Å². The van der Waals surface area contributed by atoms with Crippen molar-refractivity contribution < 1.29 is 38.4 Å². The Bertz CT molecular complexity index is 751. The lowest BCUT2D eigenvalue weighted by Crippen LogP contribution is -2.32. The van der Waals surface area contributed by atoms with Gasteiger partial charge in [-0.1, -0.05) is 25.1 Å². The molecule has 0 radical (unpaired) electrons. The molecule has 1 aliphatic rings. The van der Waals surface area contributed by atoms with Crippen LogP contribution in [0.4, 0.5) is 26.3 Å². The van der Waals surface area contributed by atoms with Crippen LogP contribution in [0.5, 0.6) is 0 Å². The van der Waals surface area contributed by atoms with Crippen molar-refractivity contribution >= 4 is 26.5 Å². The van der Waals surface area contributed by atoms with E-state index in [1.807, 2.05) is 0 Å². The highest BCUT2D eigenvalue weighted by Gasteiger charge is 2.63. The molecule has 0 amide bonds. The van der Waals surface area contributed by atoms with Gasteiger partial charge in [-0.15, -0.1) is 0 Å². The van der Waals surface area contributed by atoms with E-state index in [2.05, 4.69) is 3.63 Å². The van der Waals surface area contributed by atoms with Gasteiger partial charge in [0.1, 0.15) is 0 Å². The van der Waals surface area contributed by atoms with Crippen LogP contribution >= 0.6 is 10.3 Å². The van der Waals surface area contributed by atoms with Crippen molar-refractivity contribution in [2.24, 2.45) is 0 Å². The number of fused-ring (bicyclic) bond motifs is 1. The largest absolute Gasteiger partial charge is 0.523 e. The summed E-state index contributed by atoms with van der Waals surface area (Å²) in [5.41, 5.74) is -11.3. The number of alkyl halides is 6. The fraction of sp³-hybridized carbons (Fsp3) is 0.333. The summed E-state index contributed by atoms with van der Waals surface area (Å²) in [6.45, 7) is 1.29. The van der Waals surface area contributed by atoms with Crippen molar-refractivity contribution in [3.05, 3.63) is 34.7 Å². The van der Waals surface area contributed by atoms with Gasteiger partial charge in [0.2, 0.25) is 0 Å². The van der Waals surface area contributed by atoms with Crippen LogP contribution in [0.15, 0.2) is 34.1 Å². The second kappa shape index (κ2) is 5.42. The van der Waals surface area contributed by atoms with Crippen LogP contribution < -0.4 is 0 Å². The van der Waals surface area contributed by atoms with Crippen LogP contribution in [-0.2, 0) is 13.7 Å². The molecular formula is C12H10F6O3S2. The van der Waals surface area contributed by atoms with Gasteiger partial charge in [0.15, 0.2) is 0 Å². The van der Waals surface area contributed by atoms with Crippen LogP contribution in [0.3, 0.4) is 0 Å². The lowest BCUT2D eigenvalue weighted by molar-refractivity contribution is -0.0546. The summed E-state index contributed by atoms with van der Waals surface area (Å²) in [6.07, 6.45) is 0.723. The molecule has 23 heavy (non-hydrogen) atoms. The number of rotatable bonds is 3. The van der Waals surface area contributed by atoms with Crippen LogP contribution in [-0.4, -0.2) is 19.4 Å². The highest BCUT2D eigenvalue weighted by molar-refractivity contribution is 8.37.